The minimum Gasteiger partial charge on any atom is -0.269 e. The highest BCUT2D eigenvalue weighted by molar-refractivity contribution is 5.52. The van der Waals surface area contributed by atoms with Gasteiger partial charge in [-0.15, -0.1) is 6.42 Å². The highest BCUT2D eigenvalue weighted by atomic mass is 16.1. The first-order chi connectivity index (χ1) is 14.7. The van der Waals surface area contributed by atoms with Gasteiger partial charge >= 0.3 is 0 Å². The van der Waals surface area contributed by atoms with Crippen LogP contribution in [0.5, 0.6) is 0 Å². The zero-order valence-electron chi connectivity index (χ0n) is 16.4. The molecule has 30 heavy (non-hydrogen) atoms. The van der Waals surface area contributed by atoms with Crippen LogP contribution in [0.1, 0.15) is 40.8 Å². The van der Waals surface area contributed by atoms with Crippen LogP contribution >= 0.6 is 0 Å². The predicted octanol–water partition coefficient (Wildman–Crippen LogP) is 3.21. The molecule has 0 radical (unpaired) electrons. The highest BCUT2D eigenvalue weighted by Gasteiger charge is 2.28. The fourth-order valence-electron chi connectivity index (χ4n) is 3.22. The molecule has 4 heterocycles. The monoisotopic (exact) mass is 390 g/mol. The van der Waals surface area contributed by atoms with E-state index in [1.54, 1.807) is 35.4 Å². The van der Waals surface area contributed by atoms with E-state index < -0.39 is 0 Å². The molecule has 1 unspecified atom stereocenters. The van der Waals surface area contributed by atoms with Gasteiger partial charge in [-0.1, -0.05) is 24.7 Å². The van der Waals surface area contributed by atoms with Crippen molar-refractivity contribution in [3.8, 4) is 24.2 Å². The number of rotatable bonds is 0. The molecule has 144 valence electrons. The van der Waals surface area contributed by atoms with Crippen LogP contribution in [0, 0.1) is 24.2 Å². The Morgan fingerprint density at radius 2 is 1.73 bits per heavy atom. The van der Waals surface area contributed by atoms with Crippen LogP contribution in [0.25, 0.3) is 5.65 Å². The van der Waals surface area contributed by atoms with Crippen molar-refractivity contribution in [3.05, 3.63) is 106 Å². The number of pyridine rings is 3. The van der Waals surface area contributed by atoms with E-state index in [0.717, 1.165) is 34.4 Å². The van der Waals surface area contributed by atoms with Gasteiger partial charge in [-0.2, -0.15) is 0 Å². The average molecular weight is 390 g/mol. The Labute approximate surface area is 174 Å². The van der Waals surface area contributed by atoms with Crippen molar-refractivity contribution in [1.82, 2.24) is 19.4 Å². The van der Waals surface area contributed by atoms with Gasteiger partial charge in [0.25, 0.3) is 5.56 Å². The van der Waals surface area contributed by atoms with E-state index in [1.807, 2.05) is 36.4 Å². The molecule has 0 fully saturated rings. The third-order valence-electron chi connectivity index (χ3n) is 4.78. The number of hydrogen-bond donors (Lipinski definition) is 0. The van der Waals surface area contributed by atoms with E-state index in [-0.39, 0.29) is 5.56 Å². The van der Waals surface area contributed by atoms with Gasteiger partial charge in [0.2, 0.25) is 0 Å². The molecule has 5 nitrogen and oxygen atoms in total. The summed E-state index contributed by atoms with van der Waals surface area (Å²) in [5.74, 6) is 8.93. The van der Waals surface area contributed by atoms with Crippen molar-refractivity contribution in [2.75, 3.05) is 0 Å². The Kier molecular flexibility index (Phi) is 5.37. The Morgan fingerprint density at radius 1 is 1.03 bits per heavy atom. The van der Waals surface area contributed by atoms with E-state index in [1.165, 1.54) is 0 Å². The number of hydrogen-bond acceptors (Lipinski definition) is 4. The lowest BCUT2D eigenvalue weighted by atomic mass is 9.83. The Balaban J connectivity index is 0.000000230. The molecule has 1 aliphatic rings. The lowest BCUT2D eigenvalue weighted by Crippen LogP contribution is -2.31. The SMILES string of the molecule is C#Cc1cccnc1.CC1Cc2nc3cc(C#Cc4cccnc4)ccn3c(=O)c21. The second kappa shape index (κ2) is 8.43. The molecule has 0 saturated heterocycles. The zero-order chi connectivity index (χ0) is 20.9. The molecule has 1 atom stereocenters. The van der Waals surface area contributed by atoms with E-state index in [9.17, 15) is 4.79 Å². The minimum absolute atomic E-state index is 0.0468. The van der Waals surface area contributed by atoms with Gasteiger partial charge in [-0.3, -0.25) is 19.2 Å². The topological polar surface area (TPSA) is 60.1 Å². The molecule has 4 aromatic heterocycles. The van der Waals surface area contributed by atoms with Gasteiger partial charge in [0.15, 0.2) is 0 Å². The first-order valence-corrected chi connectivity index (χ1v) is 9.49. The molecule has 4 aromatic rings. The third-order valence-corrected chi connectivity index (χ3v) is 4.78. The summed E-state index contributed by atoms with van der Waals surface area (Å²) in [6.45, 7) is 2.06. The smallest absolute Gasteiger partial charge is 0.261 e. The summed E-state index contributed by atoms with van der Waals surface area (Å²) in [4.78, 5) is 24.8. The number of terminal acetylenes is 1. The van der Waals surface area contributed by atoms with E-state index in [2.05, 4.69) is 39.6 Å². The van der Waals surface area contributed by atoms with E-state index in [0.29, 0.717) is 11.6 Å². The second-order valence-corrected chi connectivity index (χ2v) is 6.90. The third kappa shape index (κ3) is 3.97. The van der Waals surface area contributed by atoms with Crippen LogP contribution in [0.2, 0.25) is 0 Å². The van der Waals surface area contributed by atoms with Crippen LogP contribution in [0.3, 0.4) is 0 Å². The first kappa shape index (κ1) is 19.1. The van der Waals surface area contributed by atoms with Crippen LogP contribution in [-0.2, 0) is 6.42 Å². The summed E-state index contributed by atoms with van der Waals surface area (Å²) in [6.07, 6.45) is 14.5. The van der Waals surface area contributed by atoms with E-state index in [4.69, 9.17) is 6.42 Å². The molecule has 0 amide bonds. The summed E-state index contributed by atoms with van der Waals surface area (Å²) >= 11 is 0. The minimum atomic E-state index is 0.0468. The number of fused-ring (bicyclic) bond motifs is 2. The summed E-state index contributed by atoms with van der Waals surface area (Å²) in [5, 5.41) is 0. The maximum Gasteiger partial charge on any atom is 0.261 e. The van der Waals surface area contributed by atoms with Gasteiger partial charge < -0.3 is 0 Å². The predicted molar refractivity (Wildman–Crippen MR) is 116 cm³/mol. The molecule has 1 aliphatic carbocycles. The van der Waals surface area contributed by atoms with E-state index >= 15 is 0 Å². The van der Waals surface area contributed by atoms with Gasteiger partial charge in [-0.05, 0) is 48.7 Å². The lowest BCUT2D eigenvalue weighted by molar-refractivity contribution is 0.622. The lowest BCUT2D eigenvalue weighted by Gasteiger charge is -2.24. The molecular formula is C25H18N4O. The van der Waals surface area contributed by atoms with Crippen molar-refractivity contribution >= 4 is 5.65 Å². The molecular weight excluding hydrogens is 372 g/mol. The Morgan fingerprint density at radius 3 is 2.33 bits per heavy atom. The van der Waals surface area contributed by atoms with Crippen molar-refractivity contribution in [2.24, 2.45) is 0 Å². The molecule has 0 bridgehead atoms. The summed E-state index contributed by atoms with van der Waals surface area (Å²) in [7, 11) is 0. The maximum atomic E-state index is 12.4. The summed E-state index contributed by atoms with van der Waals surface area (Å²) in [5.41, 5.74) is 5.01. The largest absolute Gasteiger partial charge is 0.269 e. The first-order valence-electron chi connectivity index (χ1n) is 9.49. The van der Waals surface area contributed by atoms with Crippen LogP contribution < -0.4 is 5.56 Å². The Bertz CT molecular complexity index is 1360. The van der Waals surface area contributed by atoms with Crippen molar-refractivity contribution < 1.29 is 0 Å². The average Bonchev–Trinajstić information content (AvgIpc) is 2.78. The quantitative estimate of drug-likeness (QED) is 0.433. The molecule has 0 aliphatic heterocycles. The molecule has 0 N–H and O–H groups in total. The fraction of sp³-hybridized carbons (Fsp3) is 0.120. The Hall–Kier alpha value is -4.22. The molecule has 5 rings (SSSR count). The fourth-order valence-corrected chi connectivity index (χ4v) is 3.22. The molecule has 0 saturated carbocycles. The van der Waals surface area contributed by atoms with Crippen LogP contribution in [0.15, 0.2) is 72.2 Å². The van der Waals surface area contributed by atoms with Gasteiger partial charge in [0, 0.05) is 53.2 Å². The zero-order valence-corrected chi connectivity index (χ0v) is 16.4. The summed E-state index contributed by atoms with van der Waals surface area (Å²) < 4.78 is 1.60. The van der Waals surface area contributed by atoms with Crippen molar-refractivity contribution in [2.45, 2.75) is 19.3 Å². The molecule has 5 heteroatoms. The number of nitrogens with zero attached hydrogens (tertiary/aromatic N) is 4. The number of aromatic nitrogens is 4. The maximum absolute atomic E-state index is 12.4. The summed E-state index contributed by atoms with van der Waals surface area (Å²) in [6, 6.07) is 11.1. The van der Waals surface area contributed by atoms with Gasteiger partial charge in [-0.25, -0.2) is 4.98 Å². The van der Waals surface area contributed by atoms with Gasteiger partial charge in [0.1, 0.15) is 5.65 Å². The molecule has 0 spiro atoms. The standard InChI is InChI=1S/C18H13N3O.C7H5N/c1-12-9-15-17(12)18(22)21-8-6-13(10-16(21)20-15)4-5-14-3-2-7-19-11-14;1-2-7-4-3-5-8-6-7/h2-3,6-8,10-12H,9H2,1H3;1,3-6H. The van der Waals surface area contributed by atoms with Crippen molar-refractivity contribution in [3.63, 3.8) is 0 Å². The normalized spacial score (nSPS) is 13.5. The van der Waals surface area contributed by atoms with Crippen molar-refractivity contribution in [1.29, 1.82) is 0 Å². The van der Waals surface area contributed by atoms with Crippen LogP contribution in [0.4, 0.5) is 0 Å². The van der Waals surface area contributed by atoms with Gasteiger partial charge in [0.05, 0.1) is 5.69 Å². The second-order valence-electron chi connectivity index (χ2n) is 6.90. The molecule has 0 aromatic carbocycles. The van der Waals surface area contributed by atoms with Crippen LogP contribution in [-0.4, -0.2) is 19.4 Å². The highest BCUT2D eigenvalue weighted by Crippen LogP contribution is 2.30.